The molecule has 1 N–H and O–H groups in total. The van der Waals surface area contributed by atoms with Crippen molar-refractivity contribution < 1.29 is 8.42 Å². The van der Waals surface area contributed by atoms with Gasteiger partial charge in [-0.15, -0.1) is 0 Å². The van der Waals surface area contributed by atoms with Crippen LogP contribution in [0.4, 0.5) is 0 Å². The Kier molecular flexibility index (Phi) is 3.11. The van der Waals surface area contributed by atoms with Crippen molar-refractivity contribution in [2.45, 2.75) is 12.1 Å². The number of H-pyrrole nitrogens is 1. The minimum absolute atomic E-state index is 0.228. The van der Waals surface area contributed by atoms with Gasteiger partial charge in [-0.05, 0) is 18.6 Å². The van der Waals surface area contributed by atoms with Crippen molar-refractivity contribution >= 4 is 31.3 Å². The molecular formula is C9H7Cl2N3O2S. The van der Waals surface area contributed by atoms with Crippen molar-refractivity contribution in [3.8, 4) is 11.4 Å². The third-order valence-corrected chi connectivity index (χ3v) is 3.62. The first-order valence-electron chi connectivity index (χ1n) is 4.51. The monoisotopic (exact) mass is 291 g/mol. The summed E-state index contributed by atoms with van der Waals surface area (Å²) in [5.41, 5.74) is 1.53. The summed E-state index contributed by atoms with van der Waals surface area (Å²) in [7, 11) is 1.23. The zero-order valence-electron chi connectivity index (χ0n) is 8.61. The molecule has 1 aromatic heterocycles. The second kappa shape index (κ2) is 4.29. The number of nitrogens with zero attached hydrogens (tertiary/aromatic N) is 2. The van der Waals surface area contributed by atoms with E-state index in [0.29, 0.717) is 10.6 Å². The normalized spacial score (nSPS) is 11.7. The van der Waals surface area contributed by atoms with E-state index in [0.717, 1.165) is 5.56 Å². The maximum atomic E-state index is 11.0. The third kappa shape index (κ3) is 2.59. The van der Waals surface area contributed by atoms with E-state index in [1.165, 1.54) is 0 Å². The fourth-order valence-electron chi connectivity index (χ4n) is 1.22. The lowest BCUT2D eigenvalue weighted by Gasteiger charge is -1.99. The molecule has 17 heavy (non-hydrogen) atoms. The summed E-state index contributed by atoms with van der Waals surface area (Å²) in [6.45, 7) is 1.86. The first kappa shape index (κ1) is 12.3. The predicted molar refractivity (Wildman–Crippen MR) is 64.6 cm³/mol. The molecule has 0 saturated carbocycles. The lowest BCUT2D eigenvalue weighted by atomic mass is 10.1. The van der Waals surface area contributed by atoms with Crippen LogP contribution in [0.5, 0.6) is 0 Å². The number of aromatic nitrogens is 3. The van der Waals surface area contributed by atoms with Crippen LogP contribution in [-0.2, 0) is 9.05 Å². The Morgan fingerprint density at radius 2 is 2.06 bits per heavy atom. The molecule has 0 aliphatic carbocycles. The molecule has 1 aromatic carbocycles. The van der Waals surface area contributed by atoms with Crippen LogP contribution in [0.2, 0.25) is 5.02 Å². The van der Waals surface area contributed by atoms with Crippen molar-refractivity contribution in [1.29, 1.82) is 0 Å². The second-order valence-corrected chi connectivity index (χ2v) is 6.25. The van der Waals surface area contributed by atoms with Gasteiger partial charge in [-0.1, -0.05) is 23.7 Å². The van der Waals surface area contributed by atoms with E-state index < -0.39 is 9.05 Å². The summed E-state index contributed by atoms with van der Waals surface area (Å²) >= 11 is 5.95. The van der Waals surface area contributed by atoms with Crippen molar-refractivity contribution in [2.75, 3.05) is 0 Å². The molecule has 2 aromatic rings. The first-order chi connectivity index (χ1) is 7.88. The van der Waals surface area contributed by atoms with Crippen LogP contribution < -0.4 is 0 Å². The van der Waals surface area contributed by atoms with Crippen LogP contribution in [0, 0.1) is 6.92 Å². The first-order valence-corrected chi connectivity index (χ1v) is 7.20. The number of aryl methyl sites for hydroxylation is 1. The zero-order valence-corrected chi connectivity index (χ0v) is 10.9. The van der Waals surface area contributed by atoms with Gasteiger partial charge in [0.15, 0.2) is 5.82 Å². The van der Waals surface area contributed by atoms with E-state index in [-0.39, 0.29) is 11.0 Å². The lowest BCUT2D eigenvalue weighted by molar-refractivity contribution is 0.602. The van der Waals surface area contributed by atoms with Crippen LogP contribution >= 0.6 is 22.3 Å². The third-order valence-electron chi connectivity index (χ3n) is 2.13. The fourth-order valence-corrected chi connectivity index (χ4v) is 1.95. The van der Waals surface area contributed by atoms with Gasteiger partial charge in [0.05, 0.1) is 0 Å². The van der Waals surface area contributed by atoms with Crippen molar-refractivity contribution in [1.82, 2.24) is 15.2 Å². The Bertz CT molecular complexity index is 667. The molecule has 0 radical (unpaired) electrons. The molecule has 0 unspecified atom stereocenters. The summed E-state index contributed by atoms with van der Waals surface area (Å²) in [6, 6.07) is 5.20. The van der Waals surface area contributed by atoms with Gasteiger partial charge in [-0.2, -0.15) is 10.1 Å². The van der Waals surface area contributed by atoms with Gasteiger partial charge < -0.3 is 0 Å². The van der Waals surface area contributed by atoms with Crippen molar-refractivity contribution in [2.24, 2.45) is 0 Å². The summed E-state index contributed by atoms with van der Waals surface area (Å²) in [6.07, 6.45) is 0. The smallest absolute Gasteiger partial charge is 0.248 e. The average molecular weight is 292 g/mol. The van der Waals surface area contributed by atoms with Crippen molar-refractivity contribution in [3.63, 3.8) is 0 Å². The Balaban J connectivity index is 2.47. The Morgan fingerprint density at radius 1 is 1.35 bits per heavy atom. The molecule has 0 amide bonds. The lowest BCUT2D eigenvalue weighted by Crippen LogP contribution is -1.92. The van der Waals surface area contributed by atoms with E-state index in [2.05, 4.69) is 15.2 Å². The van der Waals surface area contributed by atoms with E-state index >= 15 is 0 Å². The largest absolute Gasteiger partial charge is 0.296 e. The maximum Gasteiger partial charge on any atom is 0.296 e. The van der Waals surface area contributed by atoms with Gasteiger partial charge >= 0.3 is 0 Å². The van der Waals surface area contributed by atoms with Gasteiger partial charge in [0.25, 0.3) is 14.2 Å². The molecule has 0 saturated heterocycles. The minimum atomic E-state index is -3.90. The van der Waals surface area contributed by atoms with Crippen molar-refractivity contribution in [3.05, 3.63) is 28.8 Å². The number of aromatic amines is 1. The minimum Gasteiger partial charge on any atom is -0.248 e. The number of rotatable bonds is 2. The Morgan fingerprint density at radius 3 is 2.59 bits per heavy atom. The quantitative estimate of drug-likeness (QED) is 0.862. The van der Waals surface area contributed by atoms with E-state index in [9.17, 15) is 8.42 Å². The summed E-state index contributed by atoms with van der Waals surface area (Å²) in [4.78, 5) is 3.78. The van der Waals surface area contributed by atoms with Crippen LogP contribution in [0.15, 0.2) is 23.4 Å². The van der Waals surface area contributed by atoms with Gasteiger partial charge in [0.1, 0.15) is 0 Å². The summed E-state index contributed by atoms with van der Waals surface area (Å²) in [5, 5.41) is 6.19. The Hall–Kier alpha value is -1.11. The SMILES string of the molecule is Cc1ccc(-c2n[nH]c(S(=O)(=O)Cl)n2)cc1Cl. The number of benzene rings is 1. The molecule has 2 rings (SSSR count). The summed E-state index contributed by atoms with van der Waals surface area (Å²) in [5.74, 6) is 0.228. The molecule has 0 spiro atoms. The summed E-state index contributed by atoms with van der Waals surface area (Å²) < 4.78 is 22.0. The average Bonchev–Trinajstić information content (AvgIpc) is 2.70. The highest BCUT2D eigenvalue weighted by molar-refractivity contribution is 8.13. The topological polar surface area (TPSA) is 75.7 Å². The van der Waals surface area contributed by atoms with Crippen LogP contribution in [0.1, 0.15) is 5.56 Å². The molecule has 0 atom stereocenters. The van der Waals surface area contributed by atoms with Crippen LogP contribution in [0.25, 0.3) is 11.4 Å². The molecule has 90 valence electrons. The van der Waals surface area contributed by atoms with E-state index in [1.54, 1.807) is 18.2 Å². The molecule has 0 aliphatic heterocycles. The number of nitrogens with one attached hydrogen (secondary N) is 1. The van der Waals surface area contributed by atoms with Crippen LogP contribution in [0.3, 0.4) is 0 Å². The van der Waals surface area contributed by atoms with Gasteiger partial charge in [-0.25, -0.2) is 13.5 Å². The molecule has 8 heteroatoms. The van der Waals surface area contributed by atoms with Gasteiger partial charge in [0.2, 0.25) is 0 Å². The fraction of sp³-hybridized carbons (Fsp3) is 0.111. The maximum absolute atomic E-state index is 11.0. The highest BCUT2D eigenvalue weighted by Gasteiger charge is 2.16. The molecule has 0 bridgehead atoms. The highest BCUT2D eigenvalue weighted by atomic mass is 35.7. The second-order valence-electron chi connectivity index (χ2n) is 3.37. The number of hydrogen-bond donors (Lipinski definition) is 1. The standard InChI is InChI=1S/C9H7Cl2N3O2S/c1-5-2-3-6(4-7(5)10)8-12-9(14-13-8)17(11,15)16/h2-4H,1H3,(H,12,13,14). The van der Waals surface area contributed by atoms with Crippen LogP contribution in [-0.4, -0.2) is 23.6 Å². The molecule has 1 heterocycles. The molecule has 0 aliphatic rings. The number of hydrogen-bond acceptors (Lipinski definition) is 4. The molecule has 5 nitrogen and oxygen atoms in total. The highest BCUT2D eigenvalue weighted by Crippen LogP contribution is 2.23. The molecule has 0 fully saturated rings. The van der Waals surface area contributed by atoms with Gasteiger partial charge in [0, 0.05) is 21.3 Å². The van der Waals surface area contributed by atoms with E-state index in [1.807, 2.05) is 6.92 Å². The predicted octanol–water partition coefficient (Wildman–Crippen LogP) is 2.36. The van der Waals surface area contributed by atoms with E-state index in [4.69, 9.17) is 22.3 Å². The van der Waals surface area contributed by atoms with Gasteiger partial charge in [-0.3, -0.25) is 0 Å². The Labute approximate surface area is 107 Å². The zero-order chi connectivity index (χ0) is 12.6. The number of halogens is 2. The molecular weight excluding hydrogens is 285 g/mol.